The third-order valence-electron chi connectivity index (χ3n) is 6.43. The third kappa shape index (κ3) is 5.55. The van der Waals surface area contributed by atoms with E-state index in [-0.39, 0.29) is 5.56 Å². The number of hydrogen-bond acceptors (Lipinski definition) is 7. The van der Waals surface area contributed by atoms with Gasteiger partial charge in [-0.2, -0.15) is 0 Å². The first-order chi connectivity index (χ1) is 17.6. The molecule has 5 atom stereocenters. The lowest BCUT2D eigenvalue weighted by molar-refractivity contribution is -0.231. The highest BCUT2D eigenvalue weighted by atomic mass is 35.5. The van der Waals surface area contributed by atoms with Crippen molar-refractivity contribution in [3.63, 3.8) is 0 Å². The second-order valence-corrected chi connectivity index (χ2v) is 9.43. The quantitative estimate of drug-likeness (QED) is 0.358. The molecule has 0 bridgehead atoms. The summed E-state index contributed by atoms with van der Waals surface area (Å²) in [4.78, 5) is 24.1. The number of aromatic nitrogens is 2. The molecule has 0 aliphatic carbocycles. The lowest BCUT2D eigenvalue weighted by Gasteiger charge is -2.40. The number of aryl methyl sites for hydroxylation is 1. The lowest BCUT2D eigenvalue weighted by atomic mass is 9.90. The van der Waals surface area contributed by atoms with Crippen molar-refractivity contribution in [3.05, 3.63) is 102 Å². The standard InChI is InChI=1S/C27H27ClN2O7/c1-29-13-18(26(35)30(2)27(29)36)8-7-15-3-5-16(6-4-15)11-19-12-17(9-10-20(19)28)25-24(34)23(33)22(32)21(14-31)37-25/h3-6,9-10,12-13,21-25,31-34H,11,14H2,1-2H3/t21?,22-,23?,24-,25+/m1/s1. The molecule has 1 aliphatic rings. The summed E-state index contributed by atoms with van der Waals surface area (Å²) in [6.07, 6.45) is -4.36. The molecule has 2 aromatic carbocycles. The molecule has 2 heterocycles. The number of aliphatic hydroxyl groups excluding tert-OH is 4. The van der Waals surface area contributed by atoms with Crippen LogP contribution < -0.4 is 11.2 Å². The summed E-state index contributed by atoms with van der Waals surface area (Å²) < 4.78 is 7.97. The first kappa shape index (κ1) is 26.8. The number of benzene rings is 2. The van der Waals surface area contributed by atoms with Gasteiger partial charge in [0, 0.05) is 30.9 Å². The van der Waals surface area contributed by atoms with Gasteiger partial charge in [0.2, 0.25) is 0 Å². The van der Waals surface area contributed by atoms with E-state index in [1.165, 1.54) is 17.8 Å². The molecular weight excluding hydrogens is 500 g/mol. The fourth-order valence-corrected chi connectivity index (χ4v) is 4.43. The third-order valence-corrected chi connectivity index (χ3v) is 6.80. The van der Waals surface area contributed by atoms with Crippen LogP contribution in [0.1, 0.15) is 33.9 Å². The van der Waals surface area contributed by atoms with Crippen LogP contribution >= 0.6 is 11.6 Å². The van der Waals surface area contributed by atoms with Gasteiger partial charge in [-0.05, 0) is 41.3 Å². The number of nitrogens with zero attached hydrogens (tertiary/aromatic N) is 2. The second kappa shape index (κ2) is 11.0. The summed E-state index contributed by atoms with van der Waals surface area (Å²) in [5, 5.41) is 40.6. The molecule has 4 rings (SSSR count). The molecule has 3 aromatic rings. The zero-order valence-corrected chi connectivity index (χ0v) is 21.0. The fourth-order valence-electron chi connectivity index (χ4n) is 4.24. The summed E-state index contributed by atoms with van der Waals surface area (Å²) in [5.74, 6) is 5.76. The summed E-state index contributed by atoms with van der Waals surface area (Å²) in [6, 6.07) is 12.5. The molecule has 1 aromatic heterocycles. The van der Waals surface area contributed by atoms with Crippen molar-refractivity contribution in [2.45, 2.75) is 36.9 Å². The normalized spacial score (nSPS) is 23.4. The minimum absolute atomic E-state index is 0.213. The molecule has 0 spiro atoms. The zero-order chi connectivity index (χ0) is 26.9. The SMILES string of the molecule is Cn1cc(C#Cc2ccc(Cc3cc([C@@H]4OC(CO)[C@@H](O)C(O)[C@H]4O)ccc3Cl)cc2)c(=O)n(C)c1=O. The van der Waals surface area contributed by atoms with Gasteiger partial charge in [-0.15, -0.1) is 0 Å². The van der Waals surface area contributed by atoms with Crippen molar-refractivity contribution in [2.75, 3.05) is 6.61 Å². The highest BCUT2D eigenvalue weighted by Gasteiger charge is 2.44. The molecule has 1 fully saturated rings. The maximum absolute atomic E-state index is 12.3. The average molecular weight is 527 g/mol. The van der Waals surface area contributed by atoms with Crippen molar-refractivity contribution >= 4 is 11.6 Å². The Kier molecular flexibility index (Phi) is 7.99. The summed E-state index contributed by atoms with van der Waals surface area (Å²) in [6.45, 7) is -0.506. The first-order valence-corrected chi connectivity index (χ1v) is 11.9. The lowest BCUT2D eigenvalue weighted by Crippen LogP contribution is -2.55. The Morgan fingerprint density at radius 3 is 2.35 bits per heavy atom. The Labute approximate surface area is 217 Å². The molecule has 9 nitrogen and oxygen atoms in total. The zero-order valence-electron chi connectivity index (χ0n) is 20.2. The molecule has 4 N–H and O–H groups in total. The molecule has 0 saturated carbocycles. The Balaban J connectivity index is 1.54. The van der Waals surface area contributed by atoms with Gasteiger partial charge in [-0.25, -0.2) is 4.79 Å². The van der Waals surface area contributed by atoms with E-state index in [2.05, 4.69) is 11.8 Å². The second-order valence-electron chi connectivity index (χ2n) is 9.02. The largest absolute Gasteiger partial charge is 0.394 e. The van der Waals surface area contributed by atoms with E-state index in [9.17, 15) is 30.0 Å². The van der Waals surface area contributed by atoms with Gasteiger partial charge in [0.25, 0.3) is 5.56 Å². The molecule has 10 heteroatoms. The van der Waals surface area contributed by atoms with Gasteiger partial charge < -0.3 is 29.7 Å². The minimum atomic E-state index is -1.47. The molecule has 2 unspecified atom stereocenters. The van der Waals surface area contributed by atoms with E-state index in [4.69, 9.17) is 16.3 Å². The van der Waals surface area contributed by atoms with Gasteiger partial charge in [0.15, 0.2) is 0 Å². The predicted octanol–water partition coefficient (Wildman–Crippen LogP) is 0.243. The van der Waals surface area contributed by atoms with Crippen LogP contribution in [-0.4, -0.2) is 60.6 Å². The smallest absolute Gasteiger partial charge is 0.330 e. The van der Waals surface area contributed by atoms with Crippen LogP contribution in [0.4, 0.5) is 0 Å². The monoisotopic (exact) mass is 526 g/mol. The summed E-state index contributed by atoms with van der Waals surface area (Å²) in [7, 11) is 2.96. The topological polar surface area (TPSA) is 134 Å². The molecule has 1 saturated heterocycles. The fraction of sp³-hybridized carbons (Fsp3) is 0.333. The van der Waals surface area contributed by atoms with Crippen molar-refractivity contribution in [2.24, 2.45) is 14.1 Å². The maximum atomic E-state index is 12.3. The average Bonchev–Trinajstić information content (AvgIpc) is 2.90. The number of hydrogen-bond donors (Lipinski definition) is 4. The Bertz CT molecular complexity index is 1470. The van der Waals surface area contributed by atoms with E-state index in [1.807, 2.05) is 24.3 Å². The van der Waals surface area contributed by atoms with Gasteiger partial charge >= 0.3 is 5.69 Å². The maximum Gasteiger partial charge on any atom is 0.330 e. The Morgan fingerprint density at radius 2 is 1.68 bits per heavy atom. The molecule has 0 amide bonds. The Hall–Kier alpha value is -3.23. The van der Waals surface area contributed by atoms with Crippen molar-refractivity contribution in [1.29, 1.82) is 0 Å². The first-order valence-electron chi connectivity index (χ1n) is 11.6. The molecule has 1 aliphatic heterocycles. The van der Waals surface area contributed by atoms with Crippen LogP contribution in [0.5, 0.6) is 0 Å². The van der Waals surface area contributed by atoms with E-state index in [0.29, 0.717) is 22.6 Å². The Morgan fingerprint density at radius 1 is 0.973 bits per heavy atom. The minimum Gasteiger partial charge on any atom is -0.394 e. The summed E-state index contributed by atoms with van der Waals surface area (Å²) >= 11 is 6.42. The predicted molar refractivity (Wildman–Crippen MR) is 136 cm³/mol. The molecule has 37 heavy (non-hydrogen) atoms. The van der Waals surface area contributed by atoms with Crippen LogP contribution in [-0.2, 0) is 25.3 Å². The van der Waals surface area contributed by atoms with Crippen molar-refractivity contribution in [1.82, 2.24) is 9.13 Å². The van der Waals surface area contributed by atoms with Crippen LogP contribution in [0.15, 0.2) is 58.3 Å². The molecule has 194 valence electrons. The van der Waals surface area contributed by atoms with Crippen LogP contribution in [0, 0.1) is 11.8 Å². The van der Waals surface area contributed by atoms with E-state index < -0.39 is 48.4 Å². The molecular formula is C27H27ClN2O7. The number of halogens is 1. The van der Waals surface area contributed by atoms with Crippen molar-refractivity contribution < 1.29 is 25.2 Å². The highest BCUT2D eigenvalue weighted by molar-refractivity contribution is 6.31. The number of rotatable bonds is 4. The van der Waals surface area contributed by atoms with Crippen LogP contribution in [0.25, 0.3) is 0 Å². The van der Waals surface area contributed by atoms with Gasteiger partial charge in [0.05, 0.1) is 6.61 Å². The molecule has 0 radical (unpaired) electrons. The number of aliphatic hydroxyl groups is 4. The number of ether oxygens (including phenoxy) is 1. The van der Waals surface area contributed by atoms with E-state index in [0.717, 1.165) is 15.7 Å². The van der Waals surface area contributed by atoms with Crippen LogP contribution in [0.3, 0.4) is 0 Å². The van der Waals surface area contributed by atoms with Crippen molar-refractivity contribution in [3.8, 4) is 11.8 Å². The van der Waals surface area contributed by atoms with E-state index >= 15 is 0 Å². The van der Waals surface area contributed by atoms with Gasteiger partial charge in [-0.3, -0.25) is 9.36 Å². The van der Waals surface area contributed by atoms with Crippen LogP contribution in [0.2, 0.25) is 5.02 Å². The van der Waals surface area contributed by atoms with Gasteiger partial charge in [0.1, 0.15) is 36.1 Å². The highest BCUT2D eigenvalue weighted by Crippen LogP contribution is 2.34. The van der Waals surface area contributed by atoms with Gasteiger partial charge in [-0.1, -0.05) is 47.7 Å². The summed E-state index contributed by atoms with van der Waals surface area (Å²) in [5.41, 5.74) is 2.25. The van der Waals surface area contributed by atoms with E-state index in [1.54, 1.807) is 25.2 Å².